The number of aryl methyl sites for hydroxylation is 1. The number of halogens is 1. The molecule has 0 saturated heterocycles. The number of nitrogens with zero attached hydrogens (tertiary/aromatic N) is 3. The fraction of sp³-hybridized carbons (Fsp3) is 0.667. The summed E-state index contributed by atoms with van der Waals surface area (Å²) in [6.45, 7) is 4.02. The first-order valence-electron chi connectivity index (χ1n) is 10.5. The summed E-state index contributed by atoms with van der Waals surface area (Å²) >= 11 is 6.63. The third-order valence-electron chi connectivity index (χ3n) is 5.73. The number of ether oxygens (including phenoxy) is 2. The second-order valence-electron chi connectivity index (χ2n) is 8.37. The van der Waals surface area contributed by atoms with Crippen molar-refractivity contribution in [3.63, 3.8) is 0 Å². The number of amides is 1. The van der Waals surface area contributed by atoms with Crippen LogP contribution in [0.4, 0.5) is 0 Å². The summed E-state index contributed by atoms with van der Waals surface area (Å²) in [6.07, 6.45) is 8.18. The Labute approximate surface area is 176 Å². The maximum absolute atomic E-state index is 11.1. The first-order valence-corrected chi connectivity index (χ1v) is 10.9. The second kappa shape index (κ2) is 8.48. The zero-order valence-corrected chi connectivity index (χ0v) is 18.0. The van der Waals surface area contributed by atoms with Gasteiger partial charge in [-0.25, -0.2) is 0 Å². The lowest BCUT2D eigenvalue weighted by molar-refractivity contribution is -0.120. The summed E-state index contributed by atoms with van der Waals surface area (Å²) in [5.41, 5.74) is 2.67. The number of aromatic nitrogens is 3. The van der Waals surface area contributed by atoms with Gasteiger partial charge in [-0.15, -0.1) is 0 Å². The van der Waals surface area contributed by atoms with Gasteiger partial charge in [0.15, 0.2) is 0 Å². The van der Waals surface area contributed by atoms with Crippen molar-refractivity contribution in [2.24, 2.45) is 7.05 Å². The number of rotatable bonds is 7. The highest BCUT2D eigenvalue weighted by atomic mass is 35.5. The van der Waals surface area contributed by atoms with Gasteiger partial charge >= 0.3 is 0 Å². The van der Waals surface area contributed by atoms with Crippen LogP contribution in [0.5, 0.6) is 6.01 Å². The van der Waals surface area contributed by atoms with Gasteiger partial charge in [-0.3, -0.25) is 14.3 Å². The maximum Gasteiger partial charge on any atom is 0.297 e. The van der Waals surface area contributed by atoms with Gasteiger partial charge in [0, 0.05) is 25.9 Å². The Morgan fingerprint density at radius 1 is 1.28 bits per heavy atom. The number of hydrogen-bond donors (Lipinski definition) is 1. The summed E-state index contributed by atoms with van der Waals surface area (Å²) in [4.78, 5) is 20.2. The van der Waals surface area contributed by atoms with Gasteiger partial charge in [0.2, 0.25) is 5.91 Å². The second-order valence-corrected chi connectivity index (χ2v) is 8.75. The van der Waals surface area contributed by atoms with Crippen molar-refractivity contribution < 1.29 is 14.3 Å². The molecule has 2 aliphatic carbocycles. The van der Waals surface area contributed by atoms with E-state index in [1.54, 1.807) is 0 Å². The fourth-order valence-corrected chi connectivity index (χ4v) is 4.47. The third-order valence-corrected chi connectivity index (χ3v) is 6.10. The molecule has 0 aliphatic heterocycles. The summed E-state index contributed by atoms with van der Waals surface area (Å²) < 4.78 is 14.1. The fourth-order valence-electron chi connectivity index (χ4n) is 4.04. The van der Waals surface area contributed by atoms with E-state index in [0.29, 0.717) is 23.6 Å². The van der Waals surface area contributed by atoms with Gasteiger partial charge in [0.25, 0.3) is 6.01 Å². The van der Waals surface area contributed by atoms with Gasteiger partial charge in [-0.1, -0.05) is 11.6 Å². The van der Waals surface area contributed by atoms with E-state index in [0.717, 1.165) is 55.3 Å². The minimum absolute atomic E-state index is 0.0276. The van der Waals surface area contributed by atoms with Crippen molar-refractivity contribution in [1.82, 2.24) is 19.9 Å². The number of fused-ring (bicyclic) bond motifs is 1. The minimum Gasteiger partial charge on any atom is -0.461 e. The number of carbonyl (C=O) groups excluding carboxylic acids is 1. The molecule has 2 aromatic rings. The maximum atomic E-state index is 11.1. The predicted octanol–water partition coefficient (Wildman–Crippen LogP) is 3.73. The van der Waals surface area contributed by atoms with Crippen LogP contribution < -0.4 is 10.1 Å². The SMILES string of the molecule is CC(=O)N[C@@H](C)COC1CCC(Oc2nc3cnc(C4CC4)c(Cl)c3n2C)CC1. The summed E-state index contributed by atoms with van der Waals surface area (Å²) in [7, 11) is 1.95. The van der Waals surface area contributed by atoms with E-state index in [2.05, 4.69) is 15.3 Å². The quantitative estimate of drug-likeness (QED) is 0.738. The molecule has 158 valence electrons. The van der Waals surface area contributed by atoms with E-state index in [1.807, 2.05) is 24.7 Å². The Hall–Kier alpha value is -1.86. The number of pyridine rings is 1. The van der Waals surface area contributed by atoms with Crippen LogP contribution in [-0.2, 0) is 16.6 Å². The van der Waals surface area contributed by atoms with Crippen LogP contribution in [0.15, 0.2) is 6.20 Å². The molecule has 7 nitrogen and oxygen atoms in total. The number of nitrogens with one attached hydrogen (secondary N) is 1. The molecule has 2 heterocycles. The molecule has 1 amide bonds. The van der Waals surface area contributed by atoms with Crippen molar-refractivity contribution in [2.75, 3.05) is 6.61 Å². The molecular weight excluding hydrogens is 392 g/mol. The third kappa shape index (κ3) is 4.67. The summed E-state index contributed by atoms with van der Waals surface area (Å²) in [6, 6.07) is 0.626. The smallest absolute Gasteiger partial charge is 0.297 e. The first-order chi connectivity index (χ1) is 13.9. The van der Waals surface area contributed by atoms with Crippen LogP contribution in [0.25, 0.3) is 11.0 Å². The molecule has 2 aromatic heterocycles. The Kier molecular flexibility index (Phi) is 5.97. The molecule has 0 bridgehead atoms. The van der Waals surface area contributed by atoms with E-state index >= 15 is 0 Å². The molecule has 0 aromatic carbocycles. The topological polar surface area (TPSA) is 78.3 Å². The molecule has 0 unspecified atom stereocenters. The van der Waals surface area contributed by atoms with Gasteiger partial charge in [-0.2, -0.15) is 4.98 Å². The number of carbonyl (C=O) groups is 1. The van der Waals surface area contributed by atoms with E-state index in [9.17, 15) is 4.79 Å². The Balaban J connectivity index is 1.34. The summed E-state index contributed by atoms with van der Waals surface area (Å²) in [5, 5.41) is 3.55. The average Bonchev–Trinajstić information content (AvgIpc) is 3.46. The molecule has 2 saturated carbocycles. The molecule has 2 aliphatic rings. The van der Waals surface area contributed by atoms with Crippen LogP contribution >= 0.6 is 11.6 Å². The van der Waals surface area contributed by atoms with Gasteiger partial charge < -0.3 is 14.8 Å². The molecule has 1 atom stereocenters. The van der Waals surface area contributed by atoms with Crippen LogP contribution in [0.3, 0.4) is 0 Å². The van der Waals surface area contributed by atoms with E-state index in [1.165, 1.54) is 6.92 Å². The lowest BCUT2D eigenvalue weighted by Gasteiger charge is -2.29. The molecule has 2 fully saturated rings. The zero-order chi connectivity index (χ0) is 20.5. The average molecular weight is 421 g/mol. The zero-order valence-electron chi connectivity index (χ0n) is 17.3. The Morgan fingerprint density at radius 2 is 1.97 bits per heavy atom. The molecule has 8 heteroatoms. The number of imidazole rings is 1. The van der Waals surface area contributed by atoms with E-state index in [-0.39, 0.29) is 24.2 Å². The van der Waals surface area contributed by atoms with Gasteiger partial charge in [-0.05, 0) is 45.4 Å². The molecule has 0 radical (unpaired) electrons. The Morgan fingerprint density at radius 3 is 2.62 bits per heavy atom. The van der Waals surface area contributed by atoms with Crippen LogP contribution in [0.2, 0.25) is 5.02 Å². The van der Waals surface area contributed by atoms with Crippen molar-refractivity contribution in [3.8, 4) is 6.01 Å². The highest BCUT2D eigenvalue weighted by Crippen LogP contribution is 2.44. The van der Waals surface area contributed by atoms with Crippen molar-refractivity contribution in [3.05, 3.63) is 16.9 Å². The normalized spacial score (nSPS) is 23.2. The van der Waals surface area contributed by atoms with Crippen LogP contribution in [0, 0.1) is 0 Å². The largest absolute Gasteiger partial charge is 0.461 e. The van der Waals surface area contributed by atoms with Crippen molar-refractivity contribution >= 4 is 28.5 Å². The molecule has 4 rings (SSSR count). The van der Waals surface area contributed by atoms with Gasteiger partial charge in [0.1, 0.15) is 11.6 Å². The van der Waals surface area contributed by atoms with E-state index in [4.69, 9.17) is 21.1 Å². The Bertz CT molecular complexity index is 888. The molecule has 0 spiro atoms. The molecule has 29 heavy (non-hydrogen) atoms. The van der Waals surface area contributed by atoms with Crippen molar-refractivity contribution in [2.45, 2.75) is 76.5 Å². The van der Waals surface area contributed by atoms with Crippen LogP contribution in [0.1, 0.15) is 64.0 Å². The van der Waals surface area contributed by atoms with Crippen LogP contribution in [-0.4, -0.2) is 45.3 Å². The van der Waals surface area contributed by atoms with E-state index < -0.39 is 0 Å². The lowest BCUT2D eigenvalue weighted by atomic mass is 9.95. The predicted molar refractivity (Wildman–Crippen MR) is 111 cm³/mol. The molecule has 1 N–H and O–H groups in total. The standard InChI is InChI=1S/C21H29ClN4O3/c1-12(24-13(2)27)11-28-15-6-8-16(9-7-15)29-21-25-17-10-23-19(14-4-5-14)18(22)20(17)26(21)3/h10,12,14-16H,4-9,11H2,1-3H3,(H,24,27)/t12-,15?,16?/m0/s1. The van der Waals surface area contributed by atoms with Gasteiger partial charge in [0.05, 0.1) is 35.1 Å². The minimum atomic E-state index is -0.0276. The highest BCUT2D eigenvalue weighted by molar-refractivity contribution is 6.35. The number of hydrogen-bond acceptors (Lipinski definition) is 5. The summed E-state index contributed by atoms with van der Waals surface area (Å²) in [5.74, 6) is 0.468. The monoisotopic (exact) mass is 420 g/mol. The highest BCUT2D eigenvalue weighted by Gasteiger charge is 2.30. The first kappa shape index (κ1) is 20.4. The lowest BCUT2D eigenvalue weighted by Crippen LogP contribution is -2.37. The molecular formula is C21H29ClN4O3. The van der Waals surface area contributed by atoms with Crippen molar-refractivity contribution in [1.29, 1.82) is 0 Å².